The number of rotatable bonds is 7. The lowest BCUT2D eigenvalue weighted by Gasteiger charge is -2.14. The van der Waals surface area contributed by atoms with Crippen LogP contribution in [0.25, 0.3) is 39.0 Å². The summed E-state index contributed by atoms with van der Waals surface area (Å²) in [5.41, 5.74) is 7.53. The third-order valence-electron chi connectivity index (χ3n) is 5.87. The summed E-state index contributed by atoms with van der Waals surface area (Å²) in [6, 6.07) is 9.57. The minimum atomic E-state index is -0.0798. The molecule has 0 aliphatic rings. The number of H-pyrrole nitrogens is 1. The molecule has 5 aromatic rings. The molecule has 0 unspecified atom stereocenters. The Labute approximate surface area is 207 Å². The van der Waals surface area contributed by atoms with Crippen molar-refractivity contribution in [2.75, 3.05) is 10.6 Å². The molecule has 5 aromatic heterocycles. The van der Waals surface area contributed by atoms with Gasteiger partial charge in [0.25, 0.3) is 0 Å². The summed E-state index contributed by atoms with van der Waals surface area (Å²) in [5, 5.41) is 14.3. The highest BCUT2D eigenvalue weighted by atomic mass is 16.1. The van der Waals surface area contributed by atoms with Gasteiger partial charge < -0.3 is 10.6 Å². The number of amides is 1. The molecule has 5 rings (SSSR count). The van der Waals surface area contributed by atoms with Gasteiger partial charge in [-0.2, -0.15) is 5.10 Å². The predicted molar refractivity (Wildman–Crippen MR) is 141 cm³/mol. The molecule has 0 bridgehead atoms. The number of pyridine rings is 4. The number of hydrogen-bond donors (Lipinski definition) is 3. The van der Waals surface area contributed by atoms with Crippen LogP contribution in [0.4, 0.5) is 11.5 Å². The van der Waals surface area contributed by atoms with Crippen LogP contribution >= 0.6 is 0 Å². The second-order valence-corrected chi connectivity index (χ2v) is 8.23. The van der Waals surface area contributed by atoms with Gasteiger partial charge in [0.05, 0.1) is 23.3 Å². The number of carbonyl (C=O) groups is 1. The topological polar surface area (TPSA) is 121 Å². The molecule has 0 saturated carbocycles. The van der Waals surface area contributed by atoms with Gasteiger partial charge in [0.15, 0.2) is 5.65 Å². The fourth-order valence-corrected chi connectivity index (χ4v) is 3.85. The van der Waals surface area contributed by atoms with E-state index in [1.807, 2.05) is 43.6 Å². The molecule has 3 N–H and O–H groups in total. The molecule has 36 heavy (non-hydrogen) atoms. The lowest BCUT2D eigenvalue weighted by molar-refractivity contribution is -0.115. The monoisotopic (exact) mass is 476 g/mol. The second kappa shape index (κ2) is 9.75. The van der Waals surface area contributed by atoms with E-state index in [4.69, 9.17) is 0 Å². The fraction of sp³-hybridized carbons (Fsp3) is 0.111. The molecule has 178 valence electrons. The average molecular weight is 477 g/mol. The first-order chi connectivity index (χ1) is 17.5. The summed E-state index contributed by atoms with van der Waals surface area (Å²) < 4.78 is 0. The molecular weight excluding hydrogens is 452 g/mol. The largest absolute Gasteiger partial charge is 0.353 e. The van der Waals surface area contributed by atoms with Crippen molar-refractivity contribution in [3.05, 3.63) is 85.3 Å². The molecule has 0 spiro atoms. The zero-order valence-corrected chi connectivity index (χ0v) is 19.9. The minimum absolute atomic E-state index is 0.0798. The van der Waals surface area contributed by atoms with Crippen LogP contribution in [0.2, 0.25) is 0 Å². The van der Waals surface area contributed by atoms with E-state index in [-0.39, 0.29) is 5.91 Å². The highest BCUT2D eigenvalue weighted by Crippen LogP contribution is 2.31. The van der Waals surface area contributed by atoms with Crippen LogP contribution in [0.15, 0.2) is 74.1 Å². The maximum atomic E-state index is 11.6. The van der Waals surface area contributed by atoms with Gasteiger partial charge in [0, 0.05) is 65.0 Å². The molecule has 0 aliphatic heterocycles. The summed E-state index contributed by atoms with van der Waals surface area (Å²) >= 11 is 0. The van der Waals surface area contributed by atoms with Crippen LogP contribution in [0.3, 0.4) is 0 Å². The van der Waals surface area contributed by atoms with Crippen LogP contribution in [-0.2, 0) is 4.79 Å². The van der Waals surface area contributed by atoms with Gasteiger partial charge in [-0.3, -0.25) is 19.9 Å². The van der Waals surface area contributed by atoms with E-state index in [0.29, 0.717) is 23.6 Å². The van der Waals surface area contributed by atoms with E-state index >= 15 is 0 Å². The van der Waals surface area contributed by atoms with Crippen molar-refractivity contribution in [2.45, 2.75) is 20.3 Å². The van der Waals surface area contributed by atoms with Crippen molar-refractivity contribution in [2.24, 2.45) is 0 Å². The molecule has 0 aliphatic carbocycles. The lowest BCUT2D eigenvalue weighted by atomic mass is 10.0. The summed E-state index contributed by atoms with van der Waals surface area (Å²) in [7, 11) is 0. The Hall–Kier alpha value is -4.92. The van der Waals surface area contributed by atoms with Gasteiger partial charge in [-0.05, 0) is 36.8 Å². The van der Waals surface area contributed by atoms with Crippen LogP contribution in [-0.4, -0.2) is 36.0 Å². The highest BCUT2D eigenvalue weighted by molar-refractivity contribution is 5.94. The Morgan fingerprint density at radius 2 is 1.83 bits per heavy atom. The predicted octanol–water partition coefficient (Wildman–Crippen LogP) is 5.22. The number of nitrogens with zero attached hydrogens (tertiary/aromatic N) is 5. The molecule has 9 heteroatoms. The number of aromatic nitrogens is 6. The van der Waals surface area contributed by atoms with Gasteiger partial charge in [-0.1, -0.05) is 19.6 Å². The molecule has 1 amide bonds. The van der Waals surface area contributed by atoms with Crippen LogP contribution in [0.1, 0.15) is 24.6 Å². The van der Waals surface area contributed by atoms with Crippen molar-refractivity contribution in [3.8, 4) is 22.3 Å². The normalized spacial score (nSPS) is 10.8. The Kier molecular flexibility index (Phi) is 6.19. The number of fused-ring (bicyclic) bond motifs is 1. The van der Waals surface area contributed by atoms with Crippen LogP contribution in [0.5, 0.6) is 0 Å². The van der Waals surface area contributed by atoms with E-state index in [0.717, 1.165) is 44.6 Å². The van der Waals surface area contributed by atoms with Gasteiger partial charge in [0.1, 0.15) is 5.82 Å². The Morgan fingerprint density at radius 3 is 2.58 bits per heavy atom. The molecule has 0 aromatic carbocycles. The van der Waals surface area contributed by atoms with Crippen molar-refractivity contribution >= 4 is 34.1 Å². The number of anilines is 2. The van der Waals surface area contributed by atoms with Gasteiger partial charge in [0.2, 0.25) is 5.91 Å². The van der Waals surface area contributed by atoms with Gasteiger partial charge >= 0.3 is 0 Å². The number of carbonyl (C=O) groups excluding carboxylic acids is 1. The van der Waals surface area contributed by atoms with Crippen molar-refractivity contribution in [1.29, 1.82) is 0 Å². The third kappa shape index (κ3) is 4.54. The van der Waals surface area contributed by atoms with E-state index in [2.05, 4.69) is 47.3 Å². The molecular formula is C27H24N8O. The number of aromatic amines is 1. The van der Waals surface area contributed by atoms with Crippen LogP contribution in [0, 0.1) is 6.92 Å². The molecule has 0 saturated heterocycles. The Balaban J connectivity index is 1.42. The minimum Gasteiger partial charge on any atom is -0.353 e. The van der Waals surface area contributed by atoms with Crippen molar-refractivity contribution in [1.82, 2.24) is 30.1 Å². The zero-order valence-electron chi connectivity index (χ0n) is 19.9. The maximum absolute atomic E-state index is 11.6. The average Bonchev–Trinajstić information content (AvgIpc) is 3.34. The smallest absolute Gasteiger partial charge is 0.225 e. The summed E-state index contributed by atoms with van der Waals surface area (Å²) in [6.45, 7) is 8.06. The maximum Gasteiger partial charge on any atom is 0.225 e. The van der Waals surface area contributed by atoms with E-state index in [1.165, 1.54) is 0 Å². The summed E-state index contributed by atoms with van der Waals surface area (Å²) in [6.07, 6.45) is 11.0. The van der Waals surface area contributed by atoms with Crippen molar-refractivity contribution in [3.63, 3.8) is 0 Å². The van der Waals surface area contributed by atoms with Gasteiger partial charge in [-0.25, -0.2) is 9.97 Å². The first-order valence-electron chi connectivity index (χ1n) is 11.4. The Morgan fingerprint density at radius 1 is 0.972 bits per heavy atom. The quantitative estimate of drug-likeness (QED) is 0.294. The van der Waals surface area contributed by atoms with Crippen LogP contribution < -0.4 is 10.6 Å². The lowest BCUT2D eigenvalue weighted by Crippen LogP contribution is -2.10. The number of nitrogens with one attached hydrogen (secondary N) is 3. The summed E-state index contributed by atoms with van der Waals surface area (Å²) in [4.78, 5) is 29.1. The first kappa shape index (κ1) is 22.9. The first-order valence-corrected chi connectivity index (χ1v) is 11.4. The number of hydrogen-bond acceptors (Lipinski definition) is 7. The molecule has 0 atom stereocenters. The molecule has 5 heterocycles. The molecule has 0 fully saturated rings. The van der Waals surface area contributed by atoms with E-state index in [9.17, 15) is 4.79 Å². The fourth-order valence-electron chi connectivity index (χ4n) is 3.85. The van der Waals surface area contributed by atoms with E-state index < -0.39 is 0 Å². The zero-order chi connectivity index (χ0) is 25.1. The molecule has 0 radical (unpaired) electrons. The van der Waals surface area contributed by atoms with Gasteiger partial charge in [-0.15, -0.1) is 0 Å². The SMILES string of the molecule is C=C(Nc1cncc(-c2cccnc2)c1C)c1[nH]nc2ncc(-c3ccc(NC(=O)CC)nc3)cc12. The Bertz CT molecular complexity index is 1560. The standard InChI is InChI=1S/C27H24N8O/c1-4-25(36)33-24-8-7-18(12-30-24)20-10-21-26(34-35-27(21)31-13-20)17(3)32-23-15-29-14-22(16(23)2)19-6-5-9-28-11-19/h5-15,32H,3-4H2,1-2H3,(H,30,33,36)(H,31,34,35). The highest BCUT2D eigenvalue weighted by Gasteiger charge is 2.14. The van der Waals surface area contributed by atoms with E-state index in [1.54, 1.807) is 37.8 Å². The van der Waals surface area contributed by atoms with Crippen molar-refractivity contribution < 1.29 is 4.79 Å². The second-order valence-electron chi connectivity index (χ2n) is 8.23. The molecule has 9 nitrogen and oxygen atoms in total. The third-order valence-corrected chi connectivity index (χ3v) is 5.87. The summed E-state index contributed by atoms with van der Waals surface area (Å²) in [5.74, 6) is 0.433.